The Balaban J connectivity index is 1.42. The maximum atomic E-state index is 13.3. The van der Waals surface area contributed by atoms with Crippen LogP contribution in [-0.4, -0.2) is 36.7 Å². The van der Waals surface area contributed by atoms with Gasteiger partial charge in [0.25, 0.3) is 0 Å². The van der Waals surface area contributed by atoms with Crippen molar-refractivity contribution in [3.8, 4) is 0 Å². The van der Waals surface area contributed by atoms with Crippen LogP contribution in [0, 0.1) is 25.6 Å². The highest BCUT2D eigenvalue weighted by molar-refractivity contribution is 7.89. The van der Waals surface area contributed by atoms with Gasteiger partial charge in [0.05, 0.1) is 15.2 Å². The van der Waals surface area contributed by atoms with Crippen molar-refractivity contribution in [1.82, 2.24) is 9.29 Å². The second kappa shape index (κ2) is 8.46. The first-order valence-corrected chi connectivity index (χ1v) is 12.4. The number of anilines is 1. The predicted octanol–water partition coefficient (Wildman–Crippen LogP) is 4.75. The first-order chi connectivity index (χ1) is 14.6. The summed E-state index contributed by atoms with van der Waals surface area (Å²) >= 11 is 7.38. The van der Waals surface area contributed by atoms with Crippen LogP contribution in [0.4, 0.5) is 9.52 Å². The average molecular weight is 482 g/mol. The molecule has 1 aliphatic rings. The lowest BCUT2D eigenvalue weighted by Crippen LogP contribution is -2.41. The lowest BCUT2D eigenvalue weighted by atomic mass is 9.97. The van der Waals surface area contributed by atoms with E-state index in [0.717, 1.165) is 33.5 Å². The molecule has 0 radical (unpaired) electrons. The van der Waals surface area contributed by atoms with Crippen molar-refractivity contribution in [1.29, 1.82) is 0 Å². The number of hydrogen-bond acceptors (Lipinski definition) is 5. The summed E-state index contributed by atoms with van der Waals surface area (Å²) in [6.45, 7) is 4.40. The van der Waals surface area contributed by atoms with Crippen LogP contribution in [0.2, 0.25) is 5.02 Å². The van der Waals surface area contributed by atoms with Gasteiger partial charge in [0, 0.05) is 19.0 Å². The van der Waals surface area contributed by atoms with Crippen LogP contribution in [0.3, 0.4) is 0 Å². The number of thiazole rings is 1. The van der Waals surface area contributed by atoms with Crippen molar-refractivity contribution >= 4 is 54.2 Å². The molecule has 10 heteroatoms. The number of halogens is 2. The summed E-state index contributed by atoms with van der Waals surface area (Å²) in [5, 5.41) is 3.28. The SMILES string of the molecule is Cc1cc(C)c2sc(NC(=O)C3CCN(S(=O)(=O)c4ccc(F)cc4Cl)CC3)nc2c1. The standard InChI is InChI=1S/C21H21ClFN3O3S2/c1-12-9-13(2)19-17(10-12)24-21(30-19)25-20(27)14-5-7-26(8-6-14)31(28,29)18-4-3-15(23)11-16(18)22/h3-4,9-11,14H,5-8H2,1-2H3,(H,24,25,27). The monoisotopic (exact) mass is 481 g/mol. The third-order valence-electron chi connectivity index (χ3n) is 5.39. The molecule has 0 aliphatic carbocycles. The highest BCUT2D eigenvalue weighted by Gasteiger charge is 2.33. The lowest BCUT2D eigenvalue weighted by Gasteiger charge is -2.30. The quantitative estimate of drug-likeness (QED) is 0.583. The van der Waals surface area contributed by atoms with E-state index in [0.29, 0.717) is 18.0 Å². The van der Waals surface area contributed by atoms with Crippen molar-refractivity contribution in [2.24, 2.45) is 5.92 Å². The number of fused-ring (bicyclic) bond motifs is 1. The maximum absolute atomic E-state index is 13.3. The fourth-order valence-corrected chi connectivity index (χ4v) is 6.71. The molecule has 1 N–H and O–H groups in total. The highest BCUT2D eigenvalue weighted by Crippen LogP contribution is 2.32. The van der Waals surface area contributed by atoms with Crippen LogP contribution in [-0.2, 0) is 14.8 Å². The zero-order valence-corrected chi connectivity index (χ0v) is 19.4. The van der Waals surface area contributed by atoms with E-state index < -0.39 is 15.8 Å². The van der Waals surface area contributed by atoms with Crippen LogP contribution < -0.4 is 5.32 Å². The molecule has 4 rings (SSSR count). The summed E-state index contributed by atoms with van der Waals surface area (Å²) in [6.07, 6.45) is 0.764. The topological polar surface area (TPSA) is 79.4 Å². The van der Waals surface area contributed by atoms with Gasteiger partial charge in [-0.3, -0.25) is 4.79 Å². The molecule has 0 saturated carbocycles. The zero-order valence-electron chi connectivity index (χ0n) is 17.0. The first-order valence-electron chi connectivity index (χ1n) is 9.79. The van der Waals surface area contributed by atoms with E-state index in [2.05, 4.69) is 16.4 Å². The molecule has 0 unspecified atom stereocenters. The van der Waals surface area contributed by atoms with Gasteiger partial charge in [-0.1, -0.05) is 29.0 Å². The van der Waals surface area contributed by atoms with Gasteiger partial charge in [-0.25, -0.2) is 17.8 Å². The van der Waals surface area contributed by atoms with E-state index >= 15 is 0 Å². The van der Waals surface area contributed by atoms with Gasteiger partial charge >= 0.3 is 0 Å². The molecule has 31 heavy (non-hydrogen) atoms. The van der Waals surface area contributed by atoms with Gasteiger partial charge in [0.15, 0.2) is 5.13 Å². The van der Waals surface area contributed by atoms with Gasteiger partial charge in [0.1, 0.15) is 10.7 Å². The number of carbonyl (C=O) groups excluding carboxylic acids is 1. The molecule has 1 amide bonds. The molecule has 6 nitrogen and oxygen atoms in total. The van der Waals surface area contributed by atoms with Gasteiger partial charge in [-0.2, -0.15) is 4.31 Å². The summed E-state index contributed by atoms with van der Waals surface area (Å²) in [7, 11) is -3.85. The lowest BCUT2D eigenvalue weighted by molar-refractivity contribution is -0.120. The number of hydrogen-bond donors (Lipinski definition) is 1. The van der Waals surface area contributed by atoms with Gasteiger partial charge in [-0.05, 0) is 62.1 Å². The maximum Gasteiger partial charge on any atom is 0.244 e. The Morgan fingerprint density at radius 3 is 2.61 bits per heavy atom. The number of piperidine rings is 1. The summed E-state index contributed by atoms with van der Waals surface area (Å²) in [6, 6.07) is 7.28. The Hall–Kier alpha value is -2.07. The van der Waals surface area contributed by atoms with E-state index in [-0.39, 0.29) is 34.8 Å². The van der Waals surface area contributed by atoms with Crippen LogP contribution in [0.5, 0.6) is 0 Å². The Morgan fingerprint density at radius 1 is 1.23 bits per heavy atom. The zero-order chi connectivity index (χ0) is 22.3. The van der Waals surface area contributed by atoms with Gasteiger partial charge in [0.2, 0.25) is 15.9 Å². The Kier molecular flexibility index (Phi) is 6.04. The molecule has 2 heterocycles. The van der Waals surface area contributed by atoms with Crippen molar-refractivity contribution in [3.05, 3.63) is 52.3 Å². The van der Waals surface area contributed by atoms with Gasteiger partial charge in [-0.15, -0.1) is 0 Å². The fraction of sp³-hybridized carbons (Fsp3) is 0.333. The molecule has 2 aromatic carbocycles. The second-order valence-corrected chi connectivity index (χ2v) is 11.0. The number of sulfonamides is 1. The smallest absolute Gasteiger partial charge is 0.244 e. The number of amides is 1. The molecular formula is C21H21ClFN3O3S2. The van der Waals surface area contributed by atoms with Crippen LogP contribution >= 0.6 is 22.9 Å². The van der Waals surface area contributed by atoms with E-state index in [1.807, 2.05) is 19.9 Å². The van der Waals surface area contributed by atoms with Crippen LogP contribution in [0.15, 0.2) is 35.2 Å². The minimum Gasteiger partial charge on any atom is -0.302 e. The van der Waals surface area contributed by atoms with Crippen molar-refractivity contribution in [3.63, 3.8) is 0 Å². The molecule has 164 valence electrons. The molecule has 1 aromatic heterocycles. The Bertz CT molecular complexity index is 1270. The summed E-state index contributed by atoms with van der Waals surface area (Å²) in [5.74, 6) is -1.07. The molecule has 0 atom stereocenters. The van der Waals surface area contributed by atoms with Crippen molar-refractivity contribution < 1.29 is 17.6 Å². The average Bonchev–Trinajstić information content (AvgIpc) is 3.10. The number of nitrogens with one attached hydrogen (secondary N) is 1. The van der Waals surface area contributed by atoms with Gasteiger partial charge < -0.3 is 5.32 Å². The highest BCUT2D eigenvalue weighted by atomic mass is 35.5. The second-order valence-electron chi connectivity index (χ2n) is 7.69. The number of aromatic nitrogens is 1. The summed E-state index contributed by atoms with van der Waals surface area (Å²) in [4.78, 5) is 17.1. The molecule has 3 aromatic rings. The predicted molar refractivity (Wildman–Crippen MR) is 121 cm³/mol. The number of nitrogens with zero attached hydrogens (tertiary/aromatic N) is 2. The molecule has 1 saturated heterocycles. The molecule has 0 spiro atoms. The van der Waals surface area contributed by atoms with Crippen molar-refractivity contribution in [2.75, 3.05) is 18.4 Å². The third-order valence-corrected chi connectivity index (χ3v) is 8.89. The third kappa shape index (κ3) is 4.45. The largest absolute Gasteiger partial charge is 0.302 e. The Labute approximate surface area is 189 Å². The van der Waals surface area contributed by atoms with Crippen LogP contribution in [0.25, 0.3) is 10.2 Å². The van der Waals surface area contributed by atoms with Crippen molar-refractivity contribution in [2.45, 2.75) is 31.6 Å². The summed E-state index contributed by atoms with van der Waals surface area (Å²) < 4.78 is 41.3. The molecular weight excluding hydrogens is 461 g/mol. The number of carbonyl (C=O) groups is 1. The molecule has 0 bridgehead atoms. The first kappa shape index (κ1) is 22.1. The van der Waals surface area contributed by atoms with E-state index in [9.17, 15) is 17.6 Å². The summed E-state index contributed by atoms with van der Waals surface area (Å²) in [5.41, 5.74) is 3.09. The van der Waals surface area contributed by atoms with E-state index in [4.69, 9.17) is 11.6 Å². The minimum absolute atomic E-state index is 0.126. The van der Waals surface area contributed by atoms with Crippen LogP contribution in [0.1, 0.15) is 24.0 Å². The normalized spacial score (nSPS) is 16.0. The number of benzene rings is 2. The van der Waals surface area contributed by atoms with E-state index in [1.165, 1.54) is 21.7 Å². The molecule has 1 fully saturated rings. The molecule has 1 aliphatic heterocycles. The fourth-order valence-electron chi connectivity index (χ4n) is 3.82. The number of aryl methyl sites for hydroxylation is 2. The number of rotatable bonds is 4. The van der Waals surface area contributed by atoms with E-state index in [1.54, 1.807) is 0 Å². The minimum atomic E-state index is -3.85. The Morgan fingerprint density at radius 2 is 1.94 bits per heavy atom.